The molecule has 5 rings (SSSR count). The number of hydrogen-bond donors (Lipinski definition) is 9. The van der Waals surface area contributed by atoms with E-state index >= 15 is 0 Å². The van der Waals surface area contributed by atoms with Crippen molar-refractivity contribution in [1.82, 2.24) is 10.2 Å². The fraction of sp³-hybridized carbons (Fsp3) is 0.0385. The Hall–Kier alpha value is -5.30. The van der Waals surface area contributed by atoms with Gasteiger partial charge in [0.1, 0.15) is 27.6 Å². The van der Waals surface area contributed by atoms with Crippen molar-refractivity contribution < 1.29 is 62.4 Å². The number of benzene rings is 4. The average Bonchev–Trinajstić information content (AvgIpc) is 3.40. The number of phenolic OH excluding ortho intramolecular Hbond substituents is 2. The minimum absolute atomic E-state index is 0.0274. The summed E-state index contributed by atoms with van der Waals surface area (Å²) in [7, 11) is -10.3. The van der Waals surface area contributed by atoms with E-state index in [1.165, 1.54) is 13.0 Å². The number of aromatic amines is 2. The van der Waals surface area contributed by atoms with E-state index in [0.717, 1.165) is 30.3 Å². The molecular weight excluding hydrogens is 825 g/mol. The van der Waals surface area contributed by atoms with Crippen LogP contribution in [0.2, 0.25) is 0 Å². The molecule has 23 nitrogen and oxygen atoms in total. The zero-order valence-electron chi connectivity index (χ0n) is 26.2. The molecule has 0 aliphatic heterocycles. The maximum Gasteiger partial charge on any atom is 0.296 e. The van der Waals surface area contributed by atoms with E-state index in [2.05, 4.69) is 40.9 Å². The number of aromatic hydroxyl groups is 2. The van der Waals surface area contributed by atoms with Gasteiger partial charge in [0.25, 0.3) is 25.8 Å². The van der Waals surface area contributed by atoms with Crippen molar-refractivity contribution in [2.45, 2.75) is 31.4 Å². The predicted octanol–water partition coefficient (Wildman–Crippen LogP) is 5.06. The highest BCUT2D eigenvalue weighted by Gasteiger charge is 2.27. The molecule has 28 heteroatoms. The molecule has 1 heterocycles. The van der Waals surface area contributed by atoms with Gasteiger partial charge in [-0.2, -0.15) is 21.9 Å². The Bertz CT molecular complexity index is 2830. The third-order valence-electron chi connectivity index (χ3n) is 6.98. The average molecular weight is 845 g/mol. The number of phenols is 2. The van der Waals surface area contributed by atoms with Crippen LogP contribution < -0.4 is 5.56 Å². The molecule has 1 aromatic heterocycles. The van der Waals surface area contributed by atoms with Crippen molar-refractivity contribution in [3.05, 3.63) is 64.6 Å². The summed E-state index contributed by atoms with van der Waals surface area (Å²) in [5.74, 6) is -2.44. The predicted molar refractivity (Wildman–Crippen MR) is 186 cm³/mol. The molecule has 0 fully saturated rings. The maximum absolute atomic E-state index is 12.4. The maximum atomic E-state index is 12.4. The minimum atomic E-state index is -5.36. The third kappa shape index (κ3) is 8.25. The molecular formula is C26H20N8O15S5. The van der Waals surface area contributed by atoms with Crippen molar-refractivity contribution in [3.63, 3.8) is 0 Å². The second kappa shape index (κ2) is 15.2. The second-order valence-electron chi connectivity index (χ2n) is 10.4. The van der Waals surface area contributed by atoms with Crippen LogP contribution in [0, 0.1) is 6.92 Å². The first-order chi connectivity index (χ1) is 25.2. The Morgan fingerprint density at radius 1 is 0.611 bits per heavy atom. The largest absolute Gasteiger partial charge is 0.505 e. The van der Waals surface area contributed by atoms with Gasteiger partial charge in [0.05, 0.1) is 36.3 Å². The molecule has 0 amide bonds. The van der Waals surface area contributed by atoms with Crippen LogP contribution in [0.5, 0.6) is 11.5 Å². The van der Waals surface area contributed by atoms with Crippen LogP contribution in [0.15, 0.2) is 108 Å². The van der Waals surface area contributed by atoms with E-state index in [0.29, 0.717) is 17.8 Å². The SMILES string of the molecule is Cc1[nH][nH]c(=O)c1N=Nc1ccc(N=Nc2c(S(=O)O)cc3cc(S(=O)(=O)O)c(N=Nc4cc(S(=O)(=O)O)ccc4S(=O)O)c(O)c3c2O)c(S(=O)O)c1. The Morgan fingerprint density at radius 3 is 1.78 bits per heavy atom. The Balaban J connectivity index is 1.69. The van der Waals surface area contributed by atoms with Gasteiger partial charge in [-0.05, 0) is 60.8 Å². The highest BCUT2D eigenvalue weighted by atomic mass is 32.2. The van der Waals surface area contributed by atoms with Gasteiger partial charge in [0.2, 0.25) is 0 Å². The number of aryl methyl sites for hydroxylation is 1. The smallest absolute Gasteiger partial charge is 0.296 e. The number of azo groups is 3. The molecule has 0 aliphatic carbocycles. The van der Waals surface area contributed by atoms with Crippen molar-refractivity contribution in [1.29, 1.82) is 0 Å². The summed E-state index contributed by atoms with van der Waals surface area (Å²) in [6.07, 6.45) is 0. The van der Waals surface area contributed by atoms with Gasteiger partial charge in [-0.3, -0.25) is 19.0 Å². The van der Waals surface area contributed by atoms with Crippen LogP contribution >= 0.6 is 0 Å². The van der Waals surface area contributed by atoms with Gasteiger partial charge in [-0.1, -0.05) is 0 Å². The molecule has 284 valence electrons. The quantitative estimate of drug-likeness (QED) is 0.0477. The number of aromatic nitrogens is 2. The third-order valence-corrected chi connectivity index (χ3v) is 10.8. The Kier molecular flexibility index (Phi) is 11.2. The highest BCUT2D eigenvalue weighted by molar-refractivity contribution is 7.86. The fourth-order valence-electron chi connectivity index (χ4n) is 4.53. The molecule has 54 heavy (non-hydrogen) atoms. The molecule has 4 aromatic carbocycles. The van der Waals surface area contributed by atoms with E-state index in [1.54, 1.807) is 0 Å². The molecule has 3 unspecified atom stereocenters. The summed E-state index contributed by atoms with van der Waals surface area (Å²) in [5, 5.41) is 48.2. The summed E-state index contributed by atoms with van der Waals surface area (Å²) in [6, 6.07) is 6.80. The lowest BCUT2D eigenvalue weighted by Gasteiger charge is -2.13. The molecule has 0 aliphatic rings. The van der Waals surface area contributed by atoms with Gasteiger partial charge >= 0.3 is 0 Å². The lowest BCUT2D eigenvalue weighted by atomic mass is 10.1. The van der Waals surface area contributed by atoms with Gasteiger partial charge < -0.3 is 29.0 Å². The molecule has 0 bridgehead atoms. The molecule has 0 saturated carbocycles. The summed E-state index contributed by atoms with van der Waals surface area (Å²) >= 11 is -8.67. The monoisotopic (exact) mass is 844 g/mol. The first-order valence-electron chi connectivity index (χ1n) is 13.8. The fourth-order valence-corrected chi connectivity index (χ4v) is 7.19. The van der Waals surface area contributed by atoms with E-state index in [1.807, 2.05) is 0 Å². The summed E-state index contributed by atoms with van der Waals surface area (Å²) in [5.41, 5.74) is -3.43. The van der Waals surface area contributed by atoms with Crippen molar-refractivity contribution >= 4 is 98.4 Å². The number of hydrogen-bond acceptors (Lipinski definition) is 16. The lowest BCUT2D eigenvalue weighted by Crippen LogP contribution is -2.00. The zero-order valence-corrected chi connectivity index (χ0v) is 30.3. The Labute approximate surface area is 308 Å². The number of H-pyrrole nitrogens is 2. The molecule has 5 aromatic rings. The number of rotatable bonds is 11. The van der Waals surface area contributed by atoms with E-state index in [4.69, 9.17) is 0 Å². The van der Waals surface area contributed by atoms with Crippen LogP contribution in [0.3, 0.4) is 0 Å². The van der Waals surface area contributed by atoms with Crippen LogP contribution in [0.4, 0.5) is 34.1 Å². The van der Waals surface area contributed by atoms with E-state index < -0.39 is 123 Å². The van der Waals surface area contributed by atoms with Crippen LogP contribution in [-0.2, 0) is 53.5 Å². The van der Waals surface area contributed by atoms with E-state index in [-0.39, 0.29) is 17.1 Å². The molecule has 0 saturated heterocycles. The zero-order chi connectivity index (χ0) is 39.9. The van der Waals surface area contributed by atoms with Crippen LogP contribution in [0.1, 0.15) is 5.69 Å². The van der Waals surface area contributed by atoms with Crippen molar-refractivity contribution in [2.24, 2.45) is 30.7 Å². The number of fused-ring (bicyclic) bond motifs is 1. The molecule has 0 radical (unpaired) electrons. The molecule has 3 atom stereocenters. The summed E-state index contributed by atoms with van der Waals surface area (Å²) < 4.78 is 133. The number of nitrogens with one attached hydrogen (secondary N) is 2. The van der Waals surface area contributed by atoms with Gasteiger partial charge in [-0.15, -0.1) is 25.6 Å². The first kappa shape index (κ1) is 39.9. The van der Waals surface area contributed by atoms with Gasteiger partial charge in [-0.25, -0.2) is 12.6 Å². The highest BCUT2D eigenvalue weighted by Crippen LogP contribution is 2.50. The second-order valence-corrected chi connectivity index (χ2v) is 16.0. The topological polar surface area (TPSA) is 384 Å². The Morgan fingerprint density at radius 2 is 1.20 bits per heavy atom. The standard InChI is InChI=1S/C26H20N8O15S5/c1-10-21(26(37)34-27-10)31-28-12-2-4-14(17(8-12)51(40)41)29-32-22-18(52(42)43)6-11-7-19(54(47,48)49)23(25(36)20(11)24(22)35)33-30-15-9-13(53(44,45)46)3-5-16(15)50(38)39/h2-9,35-36H,1H3,(H,38,39)(H,40,41)(H,42,43)(H2,27,34,37)(H,44,45,46)(H,47,48,49). The number of nitrogens with zero attached hydrogens (tertiary/aromatic N) is 6. The van der Waals surface area contributed by atoms with E-state index in [9.17, 15) is 67.2 Å². The minimum Gasteiger partial charge on any atom is -0.505 e. The first-order valence-corrected chi connectivity index (χ1v) is 20.0. The summed E-state index contributed by atoms with van der Waals surface area (Å²) in [6.45, 7) is 1.53. The lowest BCUT2D eigenvalue weighted by molar-refractivity contribution is 0.460. The molecule has 9 N–H and O–H groups in total. The van der Waals surface area contributed by atoms with Crippen LogP contribution in [-0.4, -0.2) is 72.6 Å². The van der Waals surface area contributed by atoms with Crippen molar-refractivity contribution in [3.8, 4) is 11.5 Å². The van der Waals surface area contributed by atoms with Crippen molar-refractivity contribution in [2.75, 3.05) is 0 Å². The van der Waals surface area contributed by atoms with Crippen LogP contribution in [0.25, 0.3) is 10.8 Å². The molecule has 0 spiro atoms. The normalized spacial score (nSPS) is 14.4. The summed E-state index contributed by atoms with van der Waals surface area (Å²) in [4.78, 5) is 7.99. The van der Waals surface area contributed by atoms with Gasteiger partial charge in [0, 0.05) is 0 Å². The van der Waals surface area contributed by atoms with Gasteiger partial charge in [0.15, 0.2) is 50.4 Å².